The van der Waals surface area contributed by atoms with Gasteiger partial charge in [0, 0.05) is 49.1 Å². The lowest BCUT2D eigenvalue weighted by atomic mass is 10.0. The minimum absolute atomic E-state index is 0.0920. The van der Waals surface area contributed by atoms with Crippen LogP contribution in [0.15, 0.2) is 67.0 Å². The molecule has 0 spiro atoms. The van der Waals surface area contributed by atoms with Crippen LogP contribution in [0.25, 0.3) is 33.5 Å². The van der Waals surface area contributed by atoms with Crippen LogP contribution in [-0.4, -0.2) is 47.0 Å². The van der Waals surface area contributed by atoms with Gasteiger partial charge in [-0.3, -0.25) is 4.79 Å². The van der Waals surface area contributed by atoms with E-state index >= 15 is 0 Å². The first-order chi connectivity index (χ1) is 14.1. The van der Waals surface area contributed by atoms with Crippen LogP contribution in [0.5, 0.6) is 5.75 Å². The molecule has 2 aromatic carbocycles. The molecule has 0 saturated carbocycles. The topological polar surface area (TPSA) is 68.2 Å². The maximum absolute atomic E-state index is 12.8. The molecule has 0 unspecified atom stereocenters. The van der Waals surface area contributed by atoms with Gasteiger partial charge in [-0.25, -0.2) is 15.0 Å². The molecule has 0 saturated heterocycles. The van der Waals surface area contributed by atoms with Crippen LogP contribution < -0.4 is 4.74 Å². The van der Waals surface area contributed by atoms with Crippen molar-refractivity contribution >= 4 is 16.8 Å². The molecule has 0 fully saturated rings. The highest BCUT2D eigenvalue weighted by Crippen LogP contribution is 2.28. The van der Waals surface area contributed by atoms with Crippen molar-refractivity contribution in [1.29, 1.82) is 0 Å². The number of amides is 1. The average Bonchev–Trinajstić information content (AvgIpc) is 2.78. The van der Waals surface area contributed by atoms with Gasteiger partial charge >= 0.3 is 0 Å². The van der Waals surface area contributed by atoms with Crippen molar-refractivity contribution in [2.75, 3.05) is 21.2 Å². The second-order valence-electron chi connectivity index (χ2n) is 6.80. The van der Waals surface area contributed by atoms with Gasteiger partial charge in [0.1, 0.15) is 5.75 Å². The number of carbonyl (C=O) groups is 1. The molecule has 2 aromatic heterocycles. The summed E-state index contributed by atoms with van der Waals surface area (Å²) in [6.45, 7) is 0. The summed E-state index contributed by atoms with van der Waals surface area (Å²) in [6.07, 6.45) is 3.46. The zero-order valence-electron chi connectivity index (χ0n) is 16.5. The maximum atomic E-state index is 12.8. The zero-order valence-corrected chi connectivity index (χ0v) is 16.5. The molecule has 0 aliphatic rings. The Morgan fingerprint density at radius 1 is 0.931 bits per heavy atom. The maximum Gasteiger partial charge on any atom is 0.254 e. The zero-order chi connectivity index (χ0) is 20.4. The van der Waals surface area contributed by atoms with Gasteiger partial charge in [-0.15, -0.1) is 0 Å². The highest BCUT2D eigenvalue weighted by Gasteiger charge is 2.16. The lowest BCUT2D eigenvalue weighted by molar-refractivity contribution is 0.0829. The molecule has 29 heavy (non-hydrogen) atoms. The van der Waals surface area contributed by atoms with Gasteiger partial charge in [0.25, 0.3) is 5.91 Å². The summed E-state index contributed by atoms with van der Waals surface area (Å²) in [5, 5.41) is 0.773. The molecule has 0 radical (unpaired) electrons. The summed E-state index contributed by atoms with van der Waals surface area (Å²) in [5.74, 6) is 1.23. The van der Waals surface area contributed by atoms with E-state index in [1.54, 1.807) is 44.6 Å². The molecule has 0 aliphatic heterocycles. The monoisotopic (exact) mass is 384 g/mol. The Labute approximate surface area is 168 Å². The van der Waals surface area contributed by atoms with Crippen LogP contribution >= 0.6 is 0 Å². The van der Waals surface area contributed by atoms with Crippen molar-refractivity contribution in [2.24, 2.45) is 0 Å². The fourth-order valence-corrected chi connectivity index (χ4v) is 3.10. The fraction of sp³-hybridized carbons (Fsp3) is 0.130. The fourth-order valence-electron chi connectivity index (χ4n) is 3.10. The SMILES string of the molecule is COc1ccc2c(C(=O)N(C)C)cc(-c3cnc(-c4ccccc4)nc3)nc2c1. The second-order valence-corrected chi connectivity index (χ2v) is 6.80. The van der Waals surface area contributed by atoms with E-state index in [2.05, 4.69) is 9.97 Å². The lowest BCUT2D eigenvalue weighted by Crippen LogP contribution is -2.22. The first-order valence-corrected chi connectivity index (χ1v) is 9.15. The van der Waals surface area contributed by atoms with Crippen LogP contribution in [0.3, 0.4) is 0 Å². The van der Waals surface area contributed by atoms with Gasteiger partial charge in [0.2, 0.25) is 0 Å². The number of nitrogens with zero attached hydrogens (tertiary/aromatic N) is 4. The number of benzene rings is 2. The van der Waals surface area contributed by atoms with Gasteiger partial charge in [0.15, 0.2) is 5.82 Å². The summed E-state index contributed by atoms with van der Waals surface area (Å²) in [6, 6.07) is 17.1. The Morgan fingerprint density at radius 2 is 1.66 bits per heavy atom. The predicted octanol–water partition coefficient (Wildman–Crippen LogP) is 4.07. The molecule has 144 valence electrons. The first-order valence-electron chi connectivity index (χ1n) is 9.15. The van der Waals surface area contributed by atoms with Gasteiger partial charge in [0.05, 0.1) is 23.9 Å². The minimum Gasteiger partial charge on any atom is -0.497 e. The number of fused-ring (bicyclic) bond motifs is 1. The quantitative estimate of drug-likeness (QED) is 0.531. The van der Waals surface area contributed by atoms with E-state index in [-0.39, 0.29) is 5.91 Å². The van der Waals surface area contributed by atoms with Crippen molar-refractivity contribution in [1.82, 2.24) is 19.9 Å². The summed E-state index contributed by atoms with van der Waals surface area (Å²) >= 11 is 0. The van der Waals surface area contributed by atoms with Crippen LogP contribution in [0.4, 0.5) is 0 Å². The van der Waals surface area contributed by atoms with Crippen molar-refractivity contribution in [3.8, 4) is 28.4 Å². The largest absolute Gasteiger partial charge is 0.497 e. The molecule has 0 atom stereocenters. The molecule has 0 bridgehead atoms. The number of carbonyl (C=O) groups excluding carboxylic acids is 1. The highest BCUT2D eigenvalue weighted by molar-refractivity contribution is 6.07. The van der Waals surface area contributed by atoms with Crippen LogP contribution in [0, 0.1) is 0 Å². The van der Waals surface area contributed by atoms with E-state index in [4.69, 9.17) is 9.72 Å². The molecule has 1 amide bonds. The number of rotatable bonds is 4. The normalized spacial score (nSPS) is 10.7. The summed E-state index contributed by atoms with van der Waals surface area (Å²) in [4.78, 5) is 28.0. The van der Waals surface area contributed by atoms with Gasteiger partial charge in [-0.1, -0.05) is 30.3 Å². The second kappa shape index (κ2) is 7.67. The molecule has 6 heteroatoms. The number of aromatic nitrogens is 3. The predicted molar refractivity (Wildman–Crippen MR) is 113 cm³/mol. The third kappa shape index (κ3) is 3.65. The molecule has 2 heterocycles. The Morgan fingerprint density at radius 3 is 2.31 bits per heavy atom. The Bertz CT molecular complexity index is 1170. The molecule has 0 aliphatic carbocycles. The van der Waals surface area contributed by atoms with E-state index in [0.29, 0.717) is 28.3 Å². The Balaban J connectivity index is 1.83. The van der Waals surface area contributed by atoms with E-state index in [0.717, 1.165) is 16.5 Å². The first kappa shape index (κ1) is 18.6. The summed E-state index contributed by atoms with van der Waals surface area (Å²) in [5.41, 5.74) is 3.57. The highest BCUT2D eigenvalue weighted by atomic mass is 16.5. The van der Waals surface area contributed by atoms with Gasteiger partial charge in [-0.2, -0.15) is 0 Å². The average molecular weight is 384 g/mol. The van der Waals surface area contributed by atoms with E-state index < -0.39 is 0 Å². The van der Waals surface area contributed by atoms with Crippen LogP contribution in [0.1, 0.15) is 10.4 Å². The number of hydrogen-bond donors (Lipinski definition) is 0. The molecule has 0 N–H and O–H groups in total. The minimum atomic E-state index is -0.0920. The standard InChI is InChI=1S/C23H20N4O2/c1-27(2)23(28)19-12-20(26-21-11-17(29-3)9-10-18(19)21)16-13-24-22(25-14-16)15-7-5-4-6-8-15/h4-14H,1-3H3. The van der Waals surface area contributed by atoms with E-state index in [9.17, 15) is 4.79 Å². The lowest BCUT2D eigenvalue weighted by Gasteiger charge is -2.14. The molecular formula is C23H20N4O2. The van der Waals surface area contributed by atoms with E-state index in [1.165, 1.54) is 0 Å². The molecule has 6 nitrogen and oxygen atoms in total. The number of ether oxygens (including phenoxy) is 1. The number of hydrogen-bond acceptors (Lipinski definition) is 5. The molecular weight excluding hydrogens is 364 g/mol. The Hall–Kier alpha value is -3.80. The molecule has 4 rings (SSSR count). The molecule has 4 aromatic rings. The summed E-state index contributed by atoms with van der Waals surface area (Å²) < 4.78 is 5.32. The van der Waals surface area contributed by atoms with Crippen LogP contribution in [-0.2, 0) is 0 Å². The number of pyridine rings is 1. The van der Waals surface area contributed by atoms with Gasteiger partial charge in [-0.05, 0) is 18.2 Å². The third-order valence-corrected chi connectivity index (χ3v) is 4.63. The van der Waals surface area contributed by atoms with Crippen molar-refractivity contribution in [3.05, 3.63) is 72.6 Å². The third-order valence-electron chi connectivity index (χ3n) is 4.63. The van der Waals surface area contributed by atoms with Crippen molar-refractivity contribution in [2.45, 2.75) is 0 Å². The van der Waals surface area contributed by atoms with Crippen molar-refractivity contribution < 1.29 is 9.53 Å². The van der Waals surface area contributed by atoms with E-state index in [1.807, 2.05) is 48.5 Å². The Kier molecular flexibility index (Phi) is 4.91. The van der Waals surface area contributed by atoms with Gasteiger partial charge < -0.3 is 9.64 Å². The van der Waals surface area contributed by atoms with Crippen molar-refractivity contribution in [3.63, 3.8) is 0 Å². The summed E-state index contributed by atoms with van der Waals surface area (Å²) in [7, 11) is 5.07. The smallest absolute Gasteiger partial charge is 0.254 e. The van der Waals surface area contributed by atoms with Crippen LogP contribution in [0.2, 0.25) is 0 Å². The number of methoxy groups -OCH3 is 1.